The van der Waals surface area contributed by atoms with Crippen molar-refractivity contribution in [2.75, 3.05) is 26.4 Å². The van der Waals surface area contributed by atoms with Crippen LogP contribution >= 0.6 is 11.8 Å². The smallest absolute Gasteiger partial charge is 0.0294 e. The molecule has 1 saturated heterocycles. The van der Waals surface area contributed by atoms with Crippen LogP contribution in [-0.4, -0.2) is 37.3 Å². The first kappa shape index (κ1) is 14.9. The number of piperidine rings is 1. The fourth-order valence-corrected chi connectivity index (χ4v) is 3.32. The van der Waals surface area contributed by atoms with Gasteiger partial charge >= 0.3 is 0 Å². The predicted molar refractivity (Wildman–Crippen MR) is 84.8 cm³/mol. The summed E-state index contributed by atoms with van der Waals surface area (Å²) in [6.07, 6.45) is 3.38. The Hall–Kier alpha value is -0.510. The van der Waals surface area contributed by atoms with E-state index in [0.29, 0.717) is 12.1 Å². The lowest BCUT2D eigenvalue weighted by Crippen LogP contribution is -2.47. The summed E-state index contributed by atoms with van der Waals surface area (Å²) in [7, 11) is 2.22. The van der Waals surface area contributed by atoms with Gasteiger partial charge < -0.3 is 10.2 Å². The highest BCUT2D eigenvalue weighted by molar-refractivity contribution is 7.98. The Morgan fingerprint density at radius 2 is 2.00 bits per heavy atom. The van der Waals surface area contributed by atoms with Crippen molar-refractivity contribution in [1.29, 1.82) is 0 Å². The van der Waals surface area contributed by atoms with Crippen molar-refractivity contribution in [2.24, 2.45) is 5.92 Å². The molecule has 0 bridgehead atoms. The molecule has 106 valence electrons. The van der Waals surface area contributed by atoms with E-state index in [4.69, 9.17) is 0 Å². The molecule has 19 heavy (non-hydrogen) atoms. The summed E-state index contributed by atoms with van der Waals surface area (Å²) in [6, 6.07) is 10.0. The Kier molecular flexibility index (Phi) is 5.31. The lowest BCUT2D eigenvalue weighted by molar-refractivity contribution is 0.168. The van der Waals surface area contributed by atoms with Crippen LogP contribution in [0.3, 0.4) is 0 Å². The first-order chi connectivity index (χ1) is 9.10. The summed E-state index contributed by atoms with van der Waals surface area (Å²) in [5, 5.41) is 3.81. The molecule has 1 N–H and O–H groups in total. The van der Waals surface area contributed by atoms with Crippen LogP contribution in [-0.2, 0) is 0 Å². The maximum Gasteiger partial charge on any atom is 0.0294 e. The van der Waals surface area contributed by atoms with Gasteiger partial charge in [0.05, 0.1) is 0 Å². The third-order valence-electron chi connectivity index (χ3n) is 4.19. The van der Waals surface area contributed by atoms with E-state index >= 15 is 0 Å². The van der Waals surface area contributed by atoms with Gasteiger partial charge in [0.1, 0.15) is 0 Å². The van der Waals surface area contributed by atoms with E-state index in [9.17, 15) is 0 Å². The molecular formula is C16H26N2S. The predicted octanol–water partition coefficient (Wildman–Crippen LogP) is 3.40. The highest BCUT2D eigenvalue weighted by Crippen LogP contribution is 2.22. The molecule has 3 unspecified atom stereocenters. The molecule has 3 heteroatoms. The number of hydrogen-bond acceptors (Lipinski definition) is 3. The summed E-state index contributed by atoms with van der Waals surface area (Å²) in [5.41, 5.74) is 1.39. The summed E-state index contributed by atoms with van der Waals surface area (Å²) in [4.78, 5) is 3.77. The largest absolute Gasteiger partial charge is 0.307 e. The monoisotopic (exact) mass is 278 g/mol. The second-order valence-corrected chi connectivity index (χ2v) is 6.68. The Bertz CT molecular complexity index is 390. The number of nitrogens with zero attached hydrogens (tertiary/aromatic N) is 1. The normalized spacial score (nSPS) is 26.3. The van der Waals surface area contributed by atoms with E-state index in [1.165, 1.54) is 30.0 Å². The molecule has 0 amide bonds. The van der Waals surface area contributed by atoms with Crippen LogP contribution < -0.4 is 5.32 Å². The zero-order chi connectivity index (χ0) is 13.8. The summed E-state index contributed by atoms with van der Waals surface area (Å²) < 4.78 is 0. The zero-order valence-electron chi connectivity index (χ0n) is 12.5. The SMILES string of the molecule is CSc1ccc(C(C)NC2CCN(C)CC2C)cc1. The van der Waals surface area contributed by atoms with Gasteiger partial charge in [0.15, 0.2) is 0 Å². The summed E-state index contributed by atoms with van der Waals surface area (Å²) in [6.45, 7) is 7.05. The van der Waals surface area contributed by atoms with Crippen LogP contribution in [0.2, 0.25) is 0 Å². The number of benzene rings is 1. The Balaban J connectivity index is 1.94. The Morgan fingerprint density at radius 1 is 1.32 bits per heavy atom. The topological polar surface area (TPSA) is 15.3 Å². The van der Waals surface area contributed by atoms with Gasteiger partial charge in [-0.15, -0.1) is 11.8 Å². The van der Waals surface area contributed by atoms with Gasteiger partial charge in [0.2, 0.25) is 0 Å². The van der Waals surface area contributed by atoms with Gasteiger partial charge in [0.25, 0.3) is 0 Å². The zero-order valence-corrected chi connectivity index (χ0v) is 13.3. The molecule has 1 aromatic rings. The van der Waals surface area contributed by atoms with Crippen LogP contribution in [0.25, 0.3) is 0 Å². The van der Waals surface area contributed by atoms with Crippen molar-refractivity contribution < 1.29 is 0 Å². The number of rotatable bonds is 4. The minimum atomic E-state index is 0.437. The van der Waals surface area contributed by atoms with Gasteiger partial charge in [0, 0.05) is 23.5 Å². The van der Waals surface area contributed by atoms with Crippen LogP contribution in [0.4, 0.5) is 0 Å². The maximum absolute atomic E-state index is 3.81. The molecule has 1 aromatic carbocycles. The van der Waals surface area contributed by atoms with Crippen molar-refractivity contribution >= 4 is 11.8 Å². The van der Waals surface area contributed by atoms with Crippen molar-refractivity contribution in [1.82, 2.24) is 10.2 Å². The van der Waals surface area contributed by atoms with Gasteiger partial charge in [-0.2, -0.15) is 0 Å². The van der Waals surface area contributed by atoms with Gasteiger partial charge in [-0.3, -0.25) is 0 Å². The van der Waals surface area contributed by atoms with Crippen LogP contribution in [0.5, 0.6) is 0 Å². The maximum atomic E-state index is 3.81. The number of likely N-dealkylation sites (tertiary alicyclic amines) is 1. The van der Waals surface area contributed by atoms with Crippen LogP contribution in [0.1, 0.15) is 31.9 Å². The van der Waals surface area contributed by atoms with Crippen LogP contribution in [0, 0.1) is 5.92 Å². The van der Waals surface area contributed by atoms with Crippen LogP contribution in [0.15, 0.2) is 29.2 Å². The second kappa shape index (κ2) is 6.78. The van der Waals surface area contributed by atoms with Crippen molar-refractivity contribution in [3.8, 4) is 0 Å². The highest BCUT2D eigenvalue weighted by atomic mass is 32.2. The van der Waals surface area contributed by atoms with Gasteiger partial charge in [-0.05, 0) is 56.8 Å². The quantitative estimate of drug-likeness (QED) is 0.850. The average Bonchev–Trinajstić information content (AvgIpc) is 2.42. The number of nitrogens with one attached hydrogen (secondary N) is 1. The molecule has 1 heterocycles. The first-order valence-electron chi connectivity index (χ1n) is 7.18. The molecule has 1 fully saturated rings. The summed E-state index contributed by atoms with van der Waals surface area (Å²) >= 11 is 1.80. The van der Waals surface area contributed by atoms with Gasteiger partial charge in [-0.1, -0.05) is 19.1 Å². The fraction of sp³-hybridized carbons (Fsp3) is 0.625. The van der Waals surface area contributed by atoms with Gasteiger partial charge in [-0.25, -0.2) is 0 Å². The van der Waals surface area contributed by atoms with E-state index in [1.807, 2.05) is 0 Å². The molecule has 2 rings (SSSR count). The second-order valence-electron chi connectivity index (χ2n) is 5.80. The highest BCUT2D eigenvalue weighted by Gasteiger charge is 2.25. The third-order valence-corrected chi connectivity index (χ3v) is 4.93. The number of thioether (sulfide) groups is 1. The molecule has 2 nitrogen and oxygen atoms in total. The third kappa shape index (κ3) is 3.98. The van der Waals surface area contributed by atoms with E-state index in [0.717, 1.165) is 5.92 Å². The standard InChI is InChI=1S/C16H26N2S/c1-12-11-18(3)10-9-16(12)17-13(2)14-5-7-15(19-4)8-6-14/h5-8,12-13,16-17H,9-11H2,1-4H3. The molecule has 0 spiro atoms. The molecular weight excluding hydrogens is 252 g/mol. The molecule has 0 aliphatic carbocycles. The fourth-order valence-electron chi connectivity index (χ4n) is 2.91. The van der Waals surface area contributed by atoms with E-state index in [-0.39, 0.29) is 0 Å². The Labute approximate surface area is 122 Å². The molecule has 3 atom stereocenters. The van der Waals surface area contributed by atoms with E-state index in [1.54, 1.807) is 11.8 Å². The molecule has 0 radical (unpaired) electrons. The number of hydrogen-bond donors (Lipinski definition) is 1. The average molecular weight is 278 g/mol. The van der Waals surface area contributed by atoms with Crippen molar-refractivity contribution in [3.05, 3.63) is 29.8 Å². The molecule has 1 aliphatic heterocycles. The van der Waals surface area contributed by atoms with E-state index < -0.39 is 0 Å². The van der Waals surface area contributed by atoms with Crippen molar-refractivity contribution in [2.45, 2.75) is 37.2 Å². The molecule has 1 aliphatic rings. The lowest BCUT2D eigenvalue weighted by Gasteiger charge is -2.37. The minimum Gasteiger partial charge on any atom is -0.307 e. The van der Waals surface area contributed by atoms with Crippen molar-refractivity contribution in [3.63, 3.8) is 0 Å². The summed E-state index contributed by atoms with van der Waals surface area (Å²) in [5.74, 6) is 0.728. The molecule has 0 aromatic heterocycles. The van der Waals surface area contributed by atoms with E-state index in [2.05, 4.69) is 61.6 Å². The Morgan fingerprint density at radius 3 is 2.58 bits per heavy atom. The molecule has 0 saturated carbocycles. The minimum absolute atomic E-state index is 0.437. The first-order valence-corrected chi connectivity index (χ1v) is 8.41. The lowest BCUT2D eigenvalue weighted by atomic mass is 9.93.